The molecule has 178 valence electrons. The van der Waals surface area contributed by atoms with Crippen molar-refractivity contribution < 1.29 is 19.1 Å². The fourth-order valence-corrected chi connectivity index (χ4v) is 4.54. The summed E-state index contributed by atoms with van der Waals surface area (Å²) in [6, 6.07) is 25.8. The minimum Gasteiger partial charge on any atom is -0.487 e. The first-order valence-electron chi connectivity index (χ1n) is 11.9. The molecule has 0 saturated carbocycles. The Kier molecular flexibility index (Phi) is 6.64. The molecule has 0 bridgehead atoms. The molecule has 4 aromatic rings. The van der Waals surface area contributed by atoms with Gasteiger partial charge in [-0.3, -0.25) is 9.69 Å². The van der Waals surface area contributed by atoms with E-state index in [1.807, 2.05) is 66.4 Å². The van der Waals surface area contributed by atoms with Gasteiger partial charge in [-0.05, 0) is 67.3 Å². The third-order valence-electron chi connectivity index (χ3n) is 6.44. The first-order chi connectivity index (χ1) is 17.1. The van der Waals surface area contributed by atoms with E-state index >= 15 is 0 Å². The van der Waals surface area contributed by atoms with E-state index in [-0.39, 0.29) is 0 Å². The van der Waals surface area contributed by atoms with Gasteiger partial charge in [0.2, 0.25) is 5.89 Å². The van der Waals surface area contributed by atoms with E-state index in [0.29, 0.717) is 25.5 Å². The number of carboxylic acid groups (broad SMARTS) is 1. The number of hydrogen-bond acceptors (Lipinski definition) is 5. The third kappa shape index (κ3) is 5.28. The molecule has 0 spiro atoms. The summed E-state index contributed by atoms with van der Waals surface area (Å²) in [5.74, 6) is 1.28. The lowest BCUT2D eigenvalue weighted by Gasteiger charge is -2.21. The van der Waals surface area contributed by atoms with Gasteiger partial charge in [0.1, 0.15) is 29.9 Å². The molecule has 0 amide bonds. The molecule has 5 rings (SSSR count). The van der Waals surface area contributed by atoms with Gasteiger partial charge in [-0.2, -0.15) is 0 Å². The average molecular weight is 469 g/mol. The van der Waals surface area contributed by atoms with Gasteiger partial charge in [-0.25, -0.2) is 4.98 Å². The van der Waals surface area contributed by atoms with Crippen LogP contribution in [0, 0.1) is 6.92 Å². The molecule has 1 aliphatic rings. The number of aliphatic carboxylic acids is 1. The Labute approximate surface area is 204 Å². The number of carbonyl (C=O) groups is 1. The lowest BCUT2D eigenvalue weighted by molar-refractivity contribution is -0.142. The quantitative estimate of drug-likeness (QED) is 0.345. The number of likely N-dealkylation sites (tertiary alicyclic amines) is 1. The van der Waals surface area contributed by atoms with Gasteiger partial charge in [-0.15, -0.1) is 0 Å². The van der Waals surface area contributed by atoms with Gasteiger partial charge < -0.3 is 14.3 Å². The molecule has 1 aromatic heterocycles. The summed E-state index contributed by atoms with van der Waals surface area (Å²) in [5.41, 5.74) is 5.02. The van der Waals surface area contributed by atoms with E-state index in [1.165, 1.54) is 5.56 Å². The summed E-state index contributed by atoms with van der Waals surface area (Å²) in [4.78, 5) is 18.1. The van der Waals surface area contributed by atoms with Crippen LogP contribution in [0.5, 0.6) is 5.75 Å². The average Bonchev–Trinajstić information content (AvgIpc) is 3.50. The van der Waals surface area contributed by atoms with Crippen LogP contribution in [0.15, 0.2) is 83.3 Å². The van der Waals surface area contributed by atoms with Crippen molar-refractivity contribution in [1.29, 1.82) is 0 Å². The maximum Gasteiger partial charge on any atom is 0.320 e. The van der Waals surface area contributed by atoms with Crippen molar-refractivity contribution in [1.82, 2.24) is 9.88 Å². The summed E-state index contributed by atoms with van der Waals surface area (Å²) >= 11 is 0. The highest BCUT2D eigenvalue weighted by Crippen LogP contribution is 2.27. The molecule has 1 aliphatic heterocycles. The van der Waals surface area contributed by atoms with Crippen LogP contribution in [0.4, 0.5) is 0 Å². The maximum atomic E-state index is 11.5. The Hall–Kier alpha value is -3.90. The first kappa shape index (κ1) is 22.9. The van der Waals surface area contributed by atoms with Gasteiger partial charge in [0.05, 0.1) is 0 Å². The minimum absolute atomic E-state index is 0.294. The minimum atomic E-state index is -0.748. The van der Waals surface area contributed by atoms with Gasteiger partial charge in [-0.1, -0.05) is 54.6 Å². The second-order valence-corrected chi connectivity index (χ2v) is 8.87. The van der Waals surface area contributed by atoms with Crippen molar-refractivity contribution in [2.75, 3.05) is 6.54 Å². The molecule has 0 radical (unpaired) electrons. The third-order valence-corrected chi connectivity index (χ3v) is 6.44. The van der Waals surface area contributed by atoms with Crippen molar-refractivity contribution >= 4 is 5.97 Å². The Morgan fingerprint density at radius 3 is 2.54 bits per heavy atom. The van der Waals surface area contributed by atoms with Crippen LogP contribution < -0.4 is 4.74 Å². The molecule has 1 atom stereocenters. The number of ether oxygens (including phenoxy) is 1. The fraction of sp³-hybridized carbons (Fsp3) is 0.241. The normalized spacial score (nSPS) is 15.9. The molecule has 1 fully saturated rings. The van der Waals surface area contributed by atoms with Crippen molar-refractivity contribution in [2.24, 2.45) is 0 Å². The second-order valence-electron chi connectivity index (χ2n) is 8.87. The van der Waals surface area contributed by atoms with Crippen LogP contribution in [0.25, 0.3) is 22.6 Å². The molecular formula is C29H28N2O4. The van der Waals surface area contributed by atoms with Crippen molar-refractivity contribution in [3.8, 4) is 28.3 Å². The molecular weight excluding hydrogens is 440 g/mol. The molecule has 6 nitrogen and oxygen atoms in total. The number of oxazole rings is 1. The smallest absolute Gasteiger partial charge is 0.320 e. The van der Waals surface area contributed by atoms with E-state index in [1.54, 1.807) is 0 Å². The summed E-state index contributed by atoms with van der Waals surface area (Å²) in [6.07, 6.45) is 1.62. The SMILES string of the molecule is Cc1oc(-c2ccc(-c3ccccc3)cc2)nc1COc1cccc(CN2CCCC2C(=O)O)c1. The molecule has 0 aliphatic carbocycles. The molecule has 3 aromatic carbocycles. The maximum absolute atomic E-state index is 11.5. The van der Waals surface area contributed by atoms with E-state index < -0.39 is 12.0 Å². The lowest BCUT2D eigenvalue weighted by atomic mass is 10.0. The Bertz CT molecular complexity index is 1300. The molecule has 35 heavy (non-hydrogen) atoms. The van der Waals surface area contributed by atoms with Crippen LogP contribution >= 0.6 is 0 Å². The number of hydrogen-bond donors (Lipinski definition) is 1. The molecule has 1 N–H and O–H groups in total. The Morgan fingerprint density at radius 1 is 1.03 bits per heavy atom. The monoisotopic (exact) mass is 468 g/mol. The predicted molar refractivity (Wildman–Crippen MR) is 134 cm³/mol. The molecule has 2 heterocycles. The van der Waals surface area contributed by atoms with Crippen LogP contribution in [0.2, 0.25) is 0 Å². The summed E-state index contributed by atoms with van der Waals surface area (Å²) in [5, 5.41) is 9.42. The van der Waals surface area contributed by atoms with Crippen LogP contribution in [0.1, 0.15) is 29.9 Å². The van der Waals surface area contributed by atoms with Crippen molar-refractivity contribution in [2.45, 2.75) is 39.0 Å². The zero-order valence-electron chi connectivity index (χ0n) is 19.7. The molecule has 6 heteroatoms. The molecule has 1 unspecified atom stereocenters. The number of rotatable bonds is 8. The summed E-state index contributed by atoms with van der Waals surface area (Å²) in [7, 11) is 0. The van der Waals surface area contributed by atoms with Gasteiger partial charge in [0, 0.05) is 12.1 Å². The highest BCUT2D eigenvalue weighted by molar-refractivity contribution is 5.73. The van der Waals surface area contributed by atoms with E-state index in [2.05, 4.69) is 29.2 Å². The largest absolute Gasteiger partial charge is 0.487 e. The van der Waals surface area contributed by atoms with Crippen LogP contribution in [-0.2, 0) is 17.9 Å². The van der Waals surface area contributed by atoms with Gasteiger partial charge >= 0.3 is 5.97 Å². The standard InChI is InChI=1S/C29H28N2O4/c1-20-26(30-28(35-20)24-14-12-23(13-15-24)22-8-3-2-4-9-22)19-34-25-10-5-7-21(17-25)18-31-16-6-11-27(31)29(32)33/h2-5,7-10,12-15,17,27H,6,11,16,18-19H2,1H3,(H,32,33). The highest BCUT2D eigenvalue weighted by Gasteiger charge is 2.30. The summed E-state index contributed by atoms with van der Waals surface area (Å²) < 4.78 is 11.9. The topological polar surface area (TPSA) is 75.8 Å². The zero-order chi connectivity index (χ0) is 24.2. The highest BCUT2D eigenvalue weighted by atomic mass is 16.5. The van der Waals surface area contributed by atoms with E-state index in [0.717, 1.165) is 46.9 Å². The predicted octanol–water partition coefficient (Wildman–Crippen LogP) is 5.95. The number of benzene rings is 3. The number of aromatic nitrogens is 1. The molecule has 1 saturated heterocycles. The van der Waals surface area contributed by atoms with Gasteiger partial charge in [0.25, 0.3) is 0 Å². The number of nitrogens with zero attached hydrogens (tertiary/aromatic N) is 2. The number of aryl methyl sites for hydroxylation is 1. The van der Waals surface area contributed by atoms with Crippen LogP contribution in [-0.4, -0.2) is 33.5 Å². The fourth-order valence-electron chi connectivity index (χ4n) is 4.54. The summed E-state index contributed by atoms with van der Waals surface area (Å²) in [6.45, 7) is 3.58. The van der Waals surface area contributed by atoms with Crippen molar-refractivity contribution in [3.63, 3.8) is 0 Å². The first-order valence-corrected chi connectivity index (χ1v) is 11.9. The number of carboxylic acids is 1. The Morgan fingerprint density at radius 2 is 1.77 bits per heavy atom. The van der Waals surface area contributed by atoms with Crippen molar-refractivity contribution in [3.05, 3.63) is 95.9 Å². The van der Waals surface area contributed by atoms with Crippen LogP contribution in [0.3, 0.4) is 0 Å². The van der Waals surface area contributed by atoms with Gasteiger partial charge in [0.15, 0.2) is 0 Å². The lowest BCUT2D eigenvalue weighted by Crippen LogP contribution is -2.35. The van der Waals surface area contributed by atoms with E-state index in [9.17, 15) is 9.90 Å². The zero-order valence-corrected chi connectivity index (χ0v) is 19.7. The van der Waals surface area contributed by atoms with E-state index in [4.69, 9.17) is 9.15 Å². The second kappa shape index (κ2) is 10.2. The Balaban J connectivity index is 1.24.